The van der Waals surface area contributed by atoms with E-state index >= 15 is 0 Å². The topological polar surface area (TPSA) is 79.9 Å². The number of benzene rings is 2. The van der Waals surface area contributed by atoms with E-state index in [2.05, 4.69) is 10.6 Å². The standard InChI is InChI=1S/C20H20ClN3O4/c21-14-4-6-15(7-5-14)23-20(26)24-9-1-2-16(24)19(25)22-11-13-3-8-17-18(10-13)28-12-27-17/h3-8,10,16H,1-2,9,11-12H2,(H,22,25)(H,23,26)/t16-/m0/s1. The van der Waals surface area contributed by atoms with E-state index in [9.17, 15) is 9.59 Å². The van der Waals surface area contributed by atoms with Crippen LogP contribution in [0, 0.1) is 0 Å². The van der Waals surface area contributed by atoms with Crippen molar-refractivity contribution in [2.75, 3.05) is 18.7 Å². The lowest BCUT2D eigenvalue weighted by Crippen LogP contribution is -2.47. The number of halogens is 1. The Morgan fingerprint density at radius 2 is 1.89 bits per heavy atom. The fourth-order valence-electron chi connectivity index (χ4n) is 3.37. The molecule has 28 heavy (non-hydrogen) atoms. The summed E-state index contributed by atoms with van der Waals surface area (Å²) in [6.07, 6.45) is 1.43. The third-order valence-corrected chi connectivity index (χ3v) is 5.07. The number of amides is 3. The van der Waals surface area contributed by atoms with Crippen molar-refractivity contribution in [1.29, 1.82) is 0 Å². The number of nitrogens with zero attached hydrogens (tertiary/aromatic N) is 1. The molecule has 2 aliphatic rings. The fraction of sp³-hybridized carbons (Fsp3) is 0.300. The highest BCUT2D eigenvalue weighted by Gasteiger charge is 2.34. The molecule has 0 unspecified atom stereocenters. The molecule has 0 spiro atoms. The molecular formula is C20H20ClN3O4. The van der Waals surface area contributed by atoms with Gasteiger partial charge in [-0.2, -0.15) is 0 Å². The van der Waals surface area contributed by atoms with Gasteiger partial charge in [-0.3, -0.25) is 4.79 Å². The zero-order chi connectivity index (χ0) is 19.5. The Labute approximate surface area is 167 Å². The zero-order valence-electron chi connectivity index (χ0n) is 15.1. The highest BCUT2D eigenvalue weighted by molar-refractivity contribution is 6.30. The van der Waals surface area contributed by atoms with Crippen molar-refractivity contribution in [2.24, 2.45) is 0 Å². The van der Waals surface area contributed by atoms with Gasteiger partial charge in [0.1, 0.15) is 6.04 Å². The van der Waals surface area contributed by atoms with Crippen LogP contribution >= 0.6 is 11.6 Å². The molecule has 0 saturated carbocycles. The Kier molecular flexibility index (Phi) is 5.25. The van der Waals surface area contributed by atoms with Crippen LogP contribution in [0.4, 0.5) is 10.5 Å². The quantitative estimate of drug-likeness (QED) is 0.823. The minimum Gasteiger partial charge on any atom is -0.454 e. The average molecular weight is 402 g/mol. The molecule has 0 aliphatic carbocycles. The second-order valence-electron chi connectivity index (χ2n) is 6.69. The van der Waals surface area contributed by atoms with Gasteiger partial charge in [0.05, 0.1) is 0 Å². The third-order valence-electron chi connectivity index (χ3n) is 4.82. The molecule has 8 heteroatoms. The monoisotopic (exact) mass is 401 g/mol. The summed E-state index contributed by atoms with van der Waals surface area (Å²) in [7, 11) is 0. The van der Waals surface area contributed by atoms with Crippen LogP contribution in [0.5, 0.6) is 11.5 Å². The largest absolute Gasteiger partial charge is 0.454 e. The lowest BCUT2D eigenvalue weighted by molar-refractivity contribution is -0.124. The zero-order valence-corrected chi connectivity index (χ0v) is 15.9. The van der Waals surface area contributed by atoms with Crippen molar-refractivity contribution in [3.8, 4) is 11.5 Å². The summed E-state index contributed by atoms with van der Waals surface area (Å²) in [6, 6.07) is 11.6. The lowest BCUT2D eigenvalue weighted by Gasteiger charge is -2.24. The highest BCUT2D eigenvalue weighted by atomic mass is 35.5. The molecule has 7 nitrogen and oxygen atoms in total. The van der Waals surface area contributed by atoms with Crippen molar-refractivity contribution in [1.82, 2.24) is 10.2 Å². The number of carbonyl (C=O) groups excluding carboxylic acids is 2. The number of nitrogens with one attached hydrogen (secondary N) is 2. The molecule has 0 radical (unpaired) electrons. The molecule has 1 atom stereocenters. The van der Waals surface area contributed by atoms with Gasteiger partial charge in [0.15, 0.2) is 11.5 Å². The maximum absolute atomic E-state index is 12.7. The summed E-state index contributed by atoms with van der Waals surface area (Å²) in [5, 5.41) is 6.33. The van der Waals surface area contributed by atoms with Gasteiger partial charge in [-0.05, 0) is 54.8 Å². The van der Waals surface area contributed by atoms with Crippen LogP contribution in [0.2, 0.25) is 5.02 Å². The van der Waals surface area contributed by atoms with Gasteiger partial charge in [0.2, 0.25) is 12.7 Å². The van der Waals surface area contributed by atoms with Crippen LogP contribution in [0.15, 0.2) is 42.5 Å². The van der Waals surface area contributed by atoms with E-state index < -0.39 is 6.04 Å². The molecule has 2 N–H and O–H groups in total. The number of urea groups is 1. The Hall–Kier alpha value is -2.93. The van der Waals surface area contributed by atoms with Crippen molar-refractivity contribution >= 4 is 29.2 Å². The van der Waals surface area contributed by atoms with Crippen molar-refractivity contribution in [3.63, 3.8) is 0 Å². The molecule has 0 bridgehead atoms. The van der Waals surface area contributed by atoms with Crippen LogP contribution in [-0.4, -0.2) is 36.2 Å². The van der Waals surface area contributed by atoms with Crippen LogP contribution in [-0.2, 0) is 11.3 Å². The van der Waals surface area contributed by atoms with Crippen LogP contribution in [0.1, 0.15) is 18.4 Å². The van der Waals surface area contributed by atoms with E-state index in [0.717, 1.165) is 12.0 Å². The Morgan fingerprint density at radius 3 is 2.71 bits per heavy atom. The minimum atomic E-state index is -0.485. The maximum Gasteiger partial charge on any atom is 0.322 e. The van der Waals surface area contributed by atoms with Gasteiger partial charge in [0, 0.05) is 23.8 Å². The Bertz CT molecular complexity index is 888. The number of likely N-dealkylation sites (tertiary alicyclic amines) is 1. The van der Waals surface area contributed by atoms with E-state index in [4.69, 9.17) is 21.1 Å². The van der Waals surface area contributed by atoms with Crippen LogP contribution < -0.4 is 20.1 Å². The summed E-state index contributed by atoms with van der Waals surface area (Å²) >= 11 is 5.87. The van der Waals surface area contributed by atoms with E-state index in [1.165, 1.54) is 0 Å². The second-order valence-corrected chi connectivity index (χ2v) is 7.13. The summed E-state index contributed by atoms with van der Waals surface area (Å²) in [6.45, 7) is 1.12. The molecule has 2 aliphatic heterocycles. The SMILES string of the molecule is O=C(NCc1ccc2c(c1)OCO2)[C@@H]1CCCN1C(=O)Nc1ccc(Cl)cc1. The number of rotatable bonds is 4. The summed E-state index contributed by atoms with van der Waals surface area (Å²) in [5.41, 5.74) is 1.55. The van der Waals surface area contributed by atoms with Gasteiger partial charge in [0.25, 0.3) is 0 Å². The second kappa shape index (κ2) is 7.98. The number of hydrogen-bond donors (Lipinski definition) is 2. The maximum atomic E-state index is 12.7. The lowest BCUT2D eigenvalue weighted by atomic mass is 10.1. The predicted molar refractivity (Wildman–Crippen MR) is 105 cm³/mol. The number of hydrogen-bond acceptors (Lipinski definition) is 4. The number of carbonyl (C=O) groups is 2. The van der Waals surface area contributed by atoms with Gasteiger partial charge in [-0.1, -0.05) is 17.7 Å². The predicted octanol–water partition coefficient (Wildman–Crippen LogP) is 3.38. The van der Waals surface area contributed by atoms with Crippen molar-refractivity contribution < 1.29 is 19.1 Å². The van der Waals surface area contributed by atoms with Crippen LogP contribution in [0.3, 0.4) is 0 Å². The Morgan fingerprint density at radius 1 is 1.11 bits per heavy atom. The smallest absolute Gasteiger partial charge is 0.322 e. The van der Waals surface area contributed by atoms with E-state index in [1.807, 2.05) is 18.2 Å². The van der Waals surface area contributed by atoms with E-state index in [-0.39, 0.29) is 18.7 Å². The minimum absolute atomic E-state index is 0.165. The first-order valence-electron chi connectivity index (χ1n) is 9.09. The Balaban J connectivity index is 1.35. The molecular weight excluding hydrogens is 382 g/mol. The first-order valence-corrected chi connectivity index (χ1v) is 9.47. The summed E-state index contributed by atoms with van der Waals surface area (Å²) in [5.74, 6) is 1.22. The fourth-order valence-corrected chi connectivity index (χ4v) is 3.49. The molecule has 1 saturated heterocycles. The summed E-state index contributed by atoms with van der Waals surface area (Å²) < 4.78 is 10.6. The molecule has 146 valence electrons. The number of anilines is 1. The van der Waals surface area contributed by atoms with E-state index in [0.29, 0.717) is 41.7 Å². The molecule has 0 aromatic heterocycles. The third kappa shape index (κ3) is 3.99. The summed E-state index contributed by atoms with van der Waals surface area (Å²) in [4.78, 5) is 26.8. The molecule has 3 amide bonds. The van der Waals surface area contributed by atoms with Gasteiger partial charge < -0.3 is 25.0 Å². The van der Waals surface area contributed by atoms with Gasteiger partial charge in [-0.15, -0.1) is 0 Å². The van der Waals surface area contributed by atoms with Crippen LogP contribution in [0.25, 0.3) is 0 Å². The number of ether oxygens (including phenoxy) is 2. The number of fused-ring (bicyclic) bond motifs is 1. The molecule has 1 fully saturated rings. The van der Waals surface area contributed by atoms with E-state index in [1.54, 1.807) is 29.2 Å². The molecule has 2 aromatic rings. The van der Waals surface area contributed by atoms with Crippen molar-refractivity contribution in [2.45, 2.75) is 25.4 Å². The average Bonchev–Trinajstić information content (AvgIpc) is 3.36. The van der Waals surface area contributed by atoms with Gasteiger partial charge >= 0.3 is 6.03 Å². The first kappa shape index (κ1) is 18.4. The molecule has 4 rings (SSSR count). The van der Waals surface area contributed by atoms with Gasteiger partial charge in [-0.25, -0.2) is 4.79 Å². The highest BCUT2D eigenvalue weighted by Crippen LogP contribution is 2.32. The molecule has 2 heterocycles. The molecule has 2 aromatic carbocycles. The normalized spacial score (nSPS) is 17.5. The first-order chi connectivity index (χ1) is 13.6. The van der Waals surface area contributed by atoms with Crippen molar-refractivity contribution in [3.05, 3.63) is 53.1 Å².